The summed E-state index contributed by atoms with van der Waals surface area (Å²) in [5, 5.41) is 0. The van der Waals surface area contributed by atoms with E-state index in [4.69, 9.17) is 4.74 Å². The molecule has 0 bridgehead atoms. The highest BCUT2D eigenvalue weighted by Gasteiger charge is 2.37. The lowest BCUT2D eigenvalue weighted by molar-refractivity contribution is -0.141. The third kappa shape index (κ3) is 1.69. The van der Waals surface area contributed by atoms with Crippen molar-refractivity contribution in [2.75, 3.05) is 6.61 Å². The third-order valence-corrected chi connectivity index (χ3v) is 2.39. The van der Waals surface area contributed by atoms with Crippen LogP contribution in [0.2, 0.25) is 0 Å². The van der Waals surface area contributed by atoms with Crippen molar-refractivity contribution < 1.29 is 9.53 Å². The van der Waals surface area contributed by atoms with Crippen LogP contribution in [0.15, 0.2) is 42.5 Å². The molecule has 0 saturated heterocycles. The van der Waals surface area contributed by atoms with Crippen LogP contribution in [0.3, 0.4) is 0 Å². The van der Waals surface area contributed by atoms with E-state index in [1.54, 1.807) is 0 Å². The Labute approximate surface area is 83.2 Å². The van der Waals surface area contributed by atoms with Crippen LogP contribution in [-0.2, 0) is 14.9 Å². The maximum atomic E-state index is 10.7. The summed E-state index contributed by atoms with van der Waals surface area (Å²) in [4.78, 5) is 10.7. The Morgan fingerprint density at radius 3 is 2.43 bits per heavy atom. The predicted molar refractivity (Wildman–Crippen MR) is 53.9 cm³/mol. The Kier molecular flexibility index (Phi) is 2.12. The molecule has 0 amide bonds. The van der Waals surface area contributed by atoms with Crippen LogP contribution in [0.4, 0.5) is 0 Å². The summed E-state index contributed by atoms with van der Waals surface area (Å²) < 4.78 is 5.02. The van der Waals surface area contributed by atoms with Crippen molar-refractivity contribution in [3.05, 3.63) is 48.0 Å². The van der Waals surface area contributed by atoms with E-state index in [0.717, 1.165) is 0 Å². The molecule has 0 atom stereocenters. The van der Waals surface area contributed by atoms with Crippen LogP contribution in [-0.4, -0.2) is 12.6 Å². The normalized spacial score (nSPS) is 16.4. The van der Waals surface area contributed by atoms with Crippen LogP contribution < -0.4 is 0 Å². The van der Waals surface area contributed by atoms with Gasteiger partial charge in [0.2, 0.25) is 0 Å². The van der Waals surface area contributed by atoms with Gasteiger partial charge < -0.3 is 4.74 Å². The number of carbonyl (C=O) groups excluding carboxylic acids is 1. The Bertz CT molecular complexity index is 359. The SMILES string of the molecule is CC(=O)OCC1(c2ccccc2)C=C1. The van der Waals surface area contributed by atoms with E-state index in [9.17, 15) is 4.79 Å². The van der Waals surface area contributed by atoms with Gasteiger partial charge in [-0.2, -0.15) is 0 Å². The van der Waals surface area contributed by atoms with Crippen molar-refractivity contribution in [3.63, 3.8) is 0 Å². The number of carbonyl (C=O) groups is 1. The lowest BCUT2D eigenvalue weighted by atomic mass is 9.95. The molecule has 2 rings (SSSR count). The van der Waals surface area contributed by atoms with Crippen molar-refractivity contribution in [2.45, 2.75) is 12.3 Å². The third-order valence-electron chi connectivity index (χ3n) is 2.39. The van der Waals surface area contributed by atoms with E-state index in [0.29, 0.717) is 6.61 Å². The molecule has 0 N–H and O–H groups in total. The molecule has 2 nitrogen and oxygen atoms in total. The van der Waals surface area contributed by atoms with Gasteiger partial charge in [0.1, 0.15) is 6.61 Å². The molecule has 0 unspecified atom stereocenters. The summed E-state index contributed by atoms with van der Waals surface area (Å²) in [7, 11) is 0. The highest BCUT2D eigenvalue weighted by atomic mass is 16.5. The minimum absolute atomic E-state index is 0.118. The summed E-state index contributed by atoms with van der Waals surface area (Å²) in [5.41, 5.74) is 1.06. The van der Waals surface area contributed by atoms with Gasteiger partial charge in [0.15, 0.2) is 0 Å². The van der Waals surface area contributed by atoms with Gasteiger partial charge in [-0.25, -0.2) is 0 Å². The van der Waals surface area contributed by atoms with E-state index >= 15 is 0 Å². The van der Waals surface area contributed by atoms with Gasteiger partial charge >= 0.3 is 5.97 Å². The summed E-state index contributed by atoms with van der Waals surface area (Å²) in [6.45, 7) is 1.85. The number of benzene rings is 1. The fourth-order valence-electron chi connectivity index (χ4n) is 1.44. The van der Waals surface area contributed by atoms with Gasteiger partial charge in [0.25, 0.3) is 0 Å². The molecular formula is C12H12O2. The van der Waals surface area contributed by atoms with E-state index in [1.165, 1.54) is 12.5 Å². The average molecular weight is 188 g/mol. The fraction of sp³-hybridized carbons (Fsp3) is 0.250. The molecular weight excluding hydrogens is 176 g/mol. The van der Waals surface area contributed by atoms with Crippen LogP contribution in [0.25, 0.3) is 0 Å². The highest BCUT2D eigenvalue weighted by molar-refractivity contribution is 5.66. The van der Waals surface area contributed by atoms with Gasteiger partial charge in [0, 0.05) is 6.92 Å². The molecule has 0 heterocycles. The van der Waals surface area contributed by atoms with Crippen molar-refractivity contribution >= 4 is 5.97 Å². The lowest BCUT2D eigenvalue weighted by Crippen LogP contribution is -2.18. The first kappa shape index (κ1) is 9.00. The molecule has 0 fully saturated rings. The number of esters is 1. The van der Waals surface area contributed by atoms with E-state index in [-0.39, 0.29) is 11.4 Å². The molecule has 1 aromatic rings. The fourth-order valence-corrected chi connectivity index (χ4v) is 1.44. The maximum Gasteiger partial charge on any atom is 0.302 e. The van der Waals surface area contributed by atoms with Gasteiger partial charge in [-0.1, -0.05) is 42.5 Å². The topological polar surface area (TPSA) is 26.3 Å². The van der Waals surface area contributed by atoms with Crippen LogP contribution in [0, 0.1) is 0 Å². The van der Waals surface area contributed by atoms with Crippen LogP contribution >= 0.6 is 0 Å². The van der Waals surface area contributed by atoms with Gasteiger partial charge in [-0.3, -0.25) is 4.79 Å². The molecule has 1 aliphatic carbocycles. The molecule has 0 saturated carbocycles. The first-order valence-electron chi connectivity index (χ1n) is 4.62. The molecule has 0 spiro atoms. The summed E-state index contributed by atoms with van der Waals surface area (Å²) >= 11 is 0. The van der Waals surface area contributed by atoms with Crippen LogP contribution in [0.1, 0.15) is 12.5 Å². The Morgan fingerprint density at radius 1 is 1.29 bits per heavy atom. The molecule has 14 heavy (non-hydrogen) atoms. The van der Waals surface area contributed by atoms with Gasteiger partial charge in [0.05, 0.1) is 5.41 Å². The maximum absolute atomic E-state index is 10.7. The predicted octanol–water partition coefficient (Wildman–Crippen LogP) is 2.06. The summed E-state index contributed by atoms with van der Waals surface area (Å²) in [6.07, 6.45) is 4.12. The minimum Gasteiger partial charge on any atom is -0.464 e. The first-order valence-corrected chi connectivity index (χ1v) is 4.62. The molecule has 72 valence electrons. The zero-order chi connectivity index (χ0) is 10.0. The summed E-state index contributed by atoms with van der Waals surface area (Å²) in [6, 6.07) is 10.0. The monoisotopic (exact) mass is 188 g/mol. The minimum atomic E-state index is -0.228. The molecule has 1 aliphatic rings. The first-order chi connectivity index (χ1) is 6.73. The van der Waals surface area contributed by atoms with Crippen molar-refractivity contribution in [3.8, 4) is 0 Å². The number of rotatable bonds is 3. The summed E-state index contributed by atoms with van der Waals surface area (Å²) in [5.74, 6) is -0.228. The van der Waals surface area contributed by atoms with E-state index in [2.05, 4.69) is 12.2 Å². The second-order valence-electron chi connectivity index (χ2n) is 3.52. The van der Waals surface area contributed by atoms with E-state index in [1.807, 2.05) is 30.3 Å². The standard InChI is InChI=1S/C12H12O2/c1-10(13)14-9-12(7-8-12)11-5-3-2-4-6-11/h2-8H,9H2,1H3. The second-order valence-corrected chi connectivity index (χ2v) is 3.52. The molecule has 0 radical (unpaired) electrons. The van der Waals surface area contributed by atoms with Crippen molar-refractivity contribution in [1.82, 2.24) is 0 Å². The van der Waals surface area contributed by atoms with Crippen molar-refractivity contribution in [2.24, 2.45) is 0 Å². The molecule has 2 heteroatoms. The quantitative estimate of drug-likeness (QED) is 0.536. The van der Waals surface area contributed by atoms with Gasteiger partial charge in [-0.05, 0) is 5.56 Å². The van der Waals surface area contributed by atoms with Crippen molar-refractivity contribution in [1.29, 1.82) is 0 Å². The van der Waals surface area contributed by atoms with Crippen LogP contribution in [0.5, 0.6) is 0 Å². The highest BCUT2D eigenvalue weighted by Crippen LogP contribution is 2.38. The molecule has 0 aromatic heterocycles. The zero-order valence-electron chi connectivity index (χ0n) is 8.07. The smallest absolute Gasteiger partial charge is 0.302 e. The lowest BCUT2D eigenvalue weighted by Gasteiger charge is -2.15. The van der Waals surface area contributed by atoms with E-state index < -0.39 is 0 Å². The number of hydrogen-bond donors (Lipinski definition) is 0. The number of hydrogen-bond acceptors (Lipinski definition) is 2. The Morgan fingerprint density at radius 2 is 1.93 bits per heavy atom. The average Bonchev–Trinajstić information content (AvgIpc) is 2.97. The molecule has 1 aromatic carbocycles. The van der Waals surface area contributed by atoms with Gasteiger partial charge in [-0.15, -0.1) is 0 Å². The number of ether oxygens (including phenoxy) is 1. The Balaban J connectivity index is 2.07. The zero-order valence-corrected chi connectivity index (χ0v) is 8.07. The molecule has 0 aliphatic heterocycles. The largest absolute Gasteiger partial charge is 0.464 e. The Hall–Kier alpha value is -1.57. The second kappa shape index (κ2) is 3.29.